The van der Waals surface area contributed by atoms with Gasteiger partial charge in [-0.05, 0) is 24.1 Å². The Morgan fingerprint density at radius 1 is 1.45 bits per heavy atom. The van der Waals surface area contributed by atoms with Crippen molar-refractivity contribution < 1.29 is 19.1 Å². The quantitative estimate of drug-likeness (QED) is 0.912. The number of rotatable bonds is 2. The van der Waals surface area contributed by atoms with Crippen molar-refractivity contribution in [3.05, 3.63) is 36.1 Å². The van der Waals surface area contributed by atoms with Crippen LogP contribution in [0.3, 0.4) is 0 Å². The fourth-order valence-corrected chi connectivity index (χ4v) is 2.42. The number of carbonyl (C=O) groups is 1. The lowest BCUT2D eigenvalue weighted by molar-refractivity contribution is 0.150. The van der Waals surface area contributed by atoms with Crippen LogP contribution < -0.4 is 4.74 Å². The van der Waals surface area contributed by atoms with E-state index in [1.54, 1.807) is 7.11 Å². The van der Waals surface area contributed by atoms with Crippen LogP contribution in [0.1, 0.15) is 12.2 Å². The summed E-state index contributed by atoms with van der Waals surface area (Å²) in [5, 5.41) is 9.92. The molecular formula is C15H15NO4. The number of hydrogen-bond donors (Lipinski definition) is 1. The first-order valence-electron chi connectivity index (χ1n) is 6.43. The maximum Gasteiger partial charge on any atom is 0.407 e. The fraction of sp³-hybridized carbons (Fsp3) is 0.267. The van der Waals surface area contributed by atoms with Crippen LogP contribution >= 0.6 is 0 Å². The average Bonchev–Trinajstić information content (AvgIpc) is 2.91. The molecule has 5 heteroatoms. The van der Waals surface area contributed by atoms with Crippen LogP contribution in [-0.2, 0) is 0 Å². The van der Waals surface area contributed by atoms with Gasteiger partial charge in [0, 0.05) is 18.5 Å². The second-order valence-electron chi connectivity index (χ2n) is 4.70. The molecule has 0 saturated carbocycles. The number of furan rings is 1. The molecule has 1 aromatic heterocycles. The molecule has 0 spiro atoms. The first-order chi connectivity index (χ1) is 9.69. The molecule has 0 saturated heterocycles. The second kappa shape index (κ2) is 4.92. The van der Waals surface area contributed by atoms with Gasteiger partial charge in [-0.15, -0.1) is 0 Å². The maximum atomic E-state index is 10.9. The average molecular weight is 273 g/mol. The van der Waals surface area contributed by atoms with E-state index in [0.29, 0.717) is 25.3 Å². The summed E-state index contributed by atoms with van der Waals surface area (Å²) in [5.74, 6) is 1.49. The van der Waals surface area contributed by atoms with Gasteiger partial charge in [-0.25, -0.2) is 4.79 Å². The highest BCUT2D eigenvalue weighted by molar-refractivity contribution is 5.86. The van der Waals surface area contributed by atoms with Crippen LogP contribution in [0.2, 0.25) is 0 Å². The van der Waals surface area contributed by atoms with Gasteiger partial charge < -0.3 is 19.2 Å². The molecule has 0 atom stereocenters. The molecule has 0 unspecified atom stereocenters. The van der Waals surface area contributed by atoms with Crippen LogP contribution in [-0.4, -0.2) is 36.3 Å². The van der Waals surface area contributed by atoms with E-state index in [-0.39, 0.29) is 0 Å². The summed E-state index contributed by atoms with van der Waals surface area (Å²) in [6, 6.07) is 7.72. The monoisotopic (exact) mass is 273 g/mol. The summed E-state index contributed by atoms with van der Waals surface area (Å²) in [6.45, 7) is 0.897. The van der Waals surface area contributed by atoms with Gasteiger partial charge >= 0.3 is 6.09 Å². The van der Waals surface area contributed by atoms with Crippen molar-refractivity contribution in [2.75, 3.05) is 20.2 Å². The normalized spacial score (nSPS) is 15.2. The molecule has 3 rings (SSSR count). The van der Waals surface area contributed by atoms with E-state index in [2.05, 4.69) is 0 Å². The summed E-state index contributed by atoms with van der Waals surface area (Å²) in [4.78, 5) is 12.3. The molecule has 1 N–H and O–H groups in total. The van der Waals surface area contributed by atoms with Gasteiger partial charge in [0.15, 0.2) is 11.3 Å². The van der Waals surface area contributed by atoms with Crippen LogP contribution in [0.15, 0.2) is 34.8 Å². The van der Waals surface area contributed by atoms with E-state index in [0.717, 1.165) is 22.3 Å². The van der Waals surface area contributed by atoms with Crippen LogP contribution in [0.5, 0.6) is 5.75 Å². The van der Waals surface area contributed by atoms with E-state index in [9.17, 15) is 4.79 Å². The maximum absolute atomic E-state index is 10.9. The van der Waals surface area contributed by atoms with E-state index in [4.69, 9.17) is 14.3 Å². The molecule has 2 aromatic rings. The Labute approximate surface area is 116 Å². The highest BCUT2D eigenvalue weighted by Gasteiger charge is 2.19. The molecule has 1 aromatic carbocycles. The van der Waals surface area contributed by atoms with Gasteiger partial charge in [-0.1, -0.05) is 18.2 Å². The Hall–Kier alpha value is -2.43. The molecule has 0 bridgehead atoms. The molecule has 0 fully saturated rings. The molecule has 104 valence electrons. The summed E-state index contributed by atoms with van der Waals surface area (Å²) >= 11 is 0. The highest BCUT2D eigenvalue weighted by Crippen LogP contribution is 2.33. The zero-order chi connectivity index (χ0) is 14.1. The van der Waals surface area contributed by atoms with E-state index in [1.807, 2.05) is 30.3 Å². The third-order valence-corrected chi connectivity index (χ3v) is 3.52. The Kier molecular flexibility index (Phi) is 3.10. The highest BCUT2D eigenvalue weighted by atomic mass is 16.5. The number of amides is 1. The van der Waals surface area contributed by atoms with Gasteiger partial charge in [0.2, 0.25) is 0 Å². The molecule has 0 aliphatic carbocycles. The number of methoxy groups -OCH3 is 1. The molecule has 0 radical (unpaired) electrons. The van der Waals surface area contributed by atoms with E-state index in [1.165, 1.54) is 4.90 Å². The number of hydrogen-bond acceptors (Lipinski definition) is 3. The summed E-state index contributed by atoms with van der Waals surface area (Å²) < 4.78 is 11.1. The van der Waals surface area contributed by atoms with E-state index >= 15 is 0 Å². The standard InChI is InChI=1S/C15H15NO4/c1-19-12-4-2-3-11-9-13(20-14(11)12)10-5-7-16(8-6-10)15(17)18/h2-5,9H,6-8H2,1H3,(H,17,18). The number of benzene rings is 1. The van der Waals surface area contributed by atoms with Gasteiger partial charge in [-0.3, -0.25) is 0 Å². The summed E-state index contributed by atoms with van der Waals surface area (Å²) in [6.07, 6.45) is 1.68. The van der Waals surface area contributed by atoms with Crippen molar-refractivity contribution in [2.24, 2.45) is 0 Å². The number of carboxylic acid groups (broad SMARTS) is 1. The lowest BCUT2D eigenvalue weighted by atomic mass is 10.1. The van der Waals surface area contributed by atoms with Crippen molar-refractivity contribution in [1.82, 2.24) is 4.90 Å². The van der Waals surface area contributed by atoms with Crippen molar-refractivity contribution in [3.8, 4) is 5.75 Å². The number of nitrogens with zero attached hydrogens (tertiary/aromatic N) is 1. The number of para-hydroxylation sites is 1. The number of ether oxygens (including phenoxy) is 1. The topological polar surface area (TPSA) is 62.9 Å². The lowest BCUT2D eigenvalue weighted by Gasteiger charge is -2.22. The molecule has 1 aliphatic rings. The largest absolute Gasteiger partial charge is 0.493 e. The molecule has 1 amide bonds. The Morgan fingerprint density at radius 2 is 2.30 bits per heavy atom. The van der Waals surface area contributed by atoms with Gasteiger partial charge in [0.1, 0.15) is 5.76 Å². The van der Waals surface area contributed by atoms with Crippen molar-refractivity contribution in [2.45, 2.75) is 6.42 Å². The van der Waals surface area contributed by atoms with Gasteiger partial charge in [-0.2, -0.15) is 0 Å². The fourth-order valence-electron chi connectivity index (χ4n) is 2.42. The molecule has 2 heterocycles. The zero-order valence-corrected chi connectivity index (χ0v) is 11.1. The SMILES string of the molecule is COc1cccc2cc(C3=CCN(C(=O)O)CC3)oc12. The third kappa shape index (κ3) is 2.11. The predicted molar refractivity (Wildman–Crippen MR) is 75.0 cm³/mol. The van der Waals surface area contributed by atoms with Crippen molar-refractivity contribution in [1.29, 1.82) is 0 Å². The minimum atomic E-state index is -0.883. The minimum Gasteiger partial charge on any atom is -0.493 e. The Bertz CT molecular complexity index is 686. The van der Waals surface area contributed by atoms with Gasteiger partial charge in [0.05, 0.1) is 7.11 Å². The van der Waals surface area contributed by atoms with Crippen LogP contribution in [0, 0.1) is 0 Å². The molecule has 20 heavy (non-hydrogen) atoms. The first-order valence-corrected chi connectivity index (χ1v) is 6.43. The van der Waals surface area contributed by atoms with E-state index < -0.39 is 6.09 Å². The summed E-state index contributed by atoms with van der Waals surface area (Å²) in [5.41, 5.74) is 1.77. The summed E-state index contributed by atoms with van der Waals surface area (Å²) in [7, 11) is 1.61. The second-order valence-corrected chi connectivity index (χ2v) is 4.70. The number of fused-ring (bicyclic) bond motifs is 1. The smallest absolute Gasteiger partial charge is 0.407 e. The zero-order valence-electron chi connectivity index (χ0n) is 11.1. The molecule has 1 aliphatic heterocycles. The first kappa shape index (κ1) is 12.6. The van der Waals surface area contributed by atoms with Gasteiger partial charge in [0.25, 0.3) is 0 Å². The van der Waals surface area contributed by atoms with Crippen LogP contribution in [0.25, 0.3) is 16.5 Å². The Balaban J connectivity index is 1.94. The van der Waals surface area contributed by atoms with Crippen LogP contribution in [0.4, 0.5) is 4.79 Å². The van der Waals surface area contributed by atoms with Crippen molar-refractivity contribution in [3.63, 3.8) is 0 Å². The van der Waals surface area contributed by atoms with Crippen molar-refractivity contribution >= 4 is 22.6 Å². The minimum absolute atomic E-state index is 0.402. The predicted octanol–water partition coefficient (Wildman–Crippen LogP) is 3.21. The molecular weight excluding hydrogens is 258 g/mol. The molecule has 5 nitrogen and oxygen atoms in total. The lowest BCUT2D eigenvalue weighted by Crippen LogP contribution is -2.33. The third-order valence-electron chi connectivity index (χ3n) is 3.52. The Morgan fingerprint density at radius 3 is 2.95 bits per heavy atom.